The molecule has 0 bridgehead atoms. The summed E-state index contributed by atoms with van der Waals surface area (Å²) in [6.45, 7) is 5.28. The van der Waals surface area contributed by atoms with Gasteiger partial charge in [0.25, 0.3) is 0 Å². The Bertz CT molecular complexity index is 302. The van der Waals surface area contributed by atoms with Gasteiger partial charge in [-0.05, 0) is 12.3 Å². The first-order valence-electron chi connectivity index (χ1n) is 5.81. The molecular formula is C11H18N2O3. The number of hydrogen-bond donors (Lipinski definition) is 1. The highest BCUT2D eigenvalue weighted by Gasteiger charge is 2.36. The molecule has 1 amide bonds. The molecular weight excluding hydrogens is 208 g/mol. The molecule has 5 heteroatoms. The third kappa shape index (κ3) is 2.19. The zero-order valence-electron chi connectivity index (χ0n) is 9.56. The van der Waals surface area contributed by atoms with Crippen LogP contribution in [0.5, 0.6) is 0 Å². The van der Waals surface area contributed by atoms with E-state index in [1.54, 1.807) is 0 Å². The Balaban J connectivity index is 1.83. The molecule has 0 unspecified atom stereocenters. The van der Waals surface area contributed by atoms with Gasteiger partial charge in [-0.3, -0.25) is 14.5 Å². The Hall–Kier alpha value is -1.10. The molecule has 2 saturated heterocycles. The van der Waals surface area contributed by atoms with E-state index in [-0.39, 0.29) is 17.7 Å². The molecule has 2 atom stereocenters. The minimum atomic E-state index is -0.744. The van der Waals surface area contributed by atoms with Crippen LogP contribution in [0.2, 0.25) is 0 Å². The Morgan fingerprint density at radius 1 is 1.31 bits per heavy atom. The fourth-order valence-electron chi connectivity index (χ4n) is 2.37. The van der Waals surface area contributed by atoms with Gasteiger partial charge in [-0.15, -0.1) is 0 Å². The van der Waals surface area contributed by atoms with E-state index in [1.807, 2.05) is 16.7 Å². The molecule has 1 N–H and O–H groups in total. The summed E-state index contributed by atoms with van der Waals surface area (Å²) in [6, 6.07) is 0. The molecule has 0 aromatic heterocycles. The molecule has 90 valence electrons. The van der Waals surface area contributed by atoms with Crippen molar-refractivity contribution in [3.63, 3.8) is 0 Å². The number of carboxylic acid groups (broad SMARTS) is 1. The summed E-state index contributed by atoms with van der Waals surface area (Å²) in [7, 11) is 0. The third-order valence-electron chi connectivity index (χ3n) is 3.57. The quantitative estimate of drug-likeness (QED) is 0.728. The van der Waals surface area contributed by atoms with Crippen molar-refractivity contribution in [1.82, 2.24) is 9.80 Å². The number of nitrogens with zero attached hydrogens (tertiary/aromatic N) is 2. The second-order valence-corrected chi connectivity index (χ2v) is 4.85. The topological polar surface area (TPSA) is 60.9 Å². The van der Waals surface area contributed by atoms with Gasteiger partial charge in [-0.2, -0.15) is 0 Å². The molecule has 2 heterocycles. The summed E-state index contributed by atoms with van der Waals surface area (Å²) in [6.07, 6.45) is 1.10. The predicted molar refractivity (Wildman–Crippen MR) is 57.9 cm³/mol. The lowest BCUT2D eigenvalue weighted by molar-refractivity contribution is -0.142. The summed E-state index contributed by atoms with van der Waals surface area (Å²) < 4.78 is 0. The molecule has 0 saturated carbocycles. The number of amides is 1. The van der Waals surface area contributed by atoms with Gasteiger partial charge >= 0.3 is 5.97 Å². The summed E-state index contributed by atoms with van der Waals surface area (Å²) in [4.78, 5) is 26.4. The van der Waals surface area contributed by atoms with Crippen LogP contribution in [-0.4, -0.2) is 59.5 Å². The number of aliphatic carboxylic acids is 1. The second-order valence-electron chi connectivity index (χ2n) is 4.85. The Morgan fingerprint density at radius 3 is 2.44 bits per heavy atom. The van der Waals surface area contributed by atoms with Gasteiger partial charge < -0.3 is 10.0 Å². The van der Waals surface area contributed by atoms with E-state index in [1.165, 1.54) is 0 Å². The maximum Gasteiger partial charge on any atom is 0.308 e. The highest BCUT2D eigenvalue weighted by molar-refractivity contribution is 5.79. The third-order valence-corrected chi connectivity index (χ3v) is 3.57. The zero-order chi connectivity index (χ0) is 11.7. The van der Waals surface area contributed by atoms with E-state index in [9.17, 15) is 9.59 Å². The first-order valence-corrected chi connectivity index (χ1v) is 5.81. The zero-order valence-corrected chi connectivity index (χ0v) is 9.56. The van der Waals surface area contributed by atoms with E-state index < -0.39 is 5.97 Å². The molecule has 2 aliphatic rings. The summed E-state index contributed by atoms with van der Waals surface area (Å²) in [5.41, 5.74) is 0. The lowest BCUT2D eigenvalue weighted by atomic mass is 9.99. The van der Waals surface area contributed by atoms with Crippen molar-refractivity contribution in [2.24, 2.45) is 11.8 Å². The standard InChI is InChI=1S/C11H18N2O3/c1-8-5-12(6-9(8)11(15)16)7-10(14)13-3-2-4-13/h8-9H,2-7H2,1H3,(H,15,16)/t8-,9-/m1/s1. The fourth-order valence-corrected chi connectivity index (χ4v) is 2.37. The molecule has 16 heavy (non-hydrogen) atoms. The van der Waals surface area contributed by atoms with E-state index in [2.05, 4.69) is 0 Å². The van der Waals surface area contributed by atoms with Gasteiger partial charge in [0.1, 0.15) is 0 Å². The van der Waals surface area contributed by atoms with Crippen LogP contribution in [0.15, 0.2) is 0 Å². The van der Waals surface area contributed by atoms with Crippen molar-refractivity contribution >= 4 is 11.9 Å². The maximum absolute atomic E-state index is 11.7. The highest BCUT2D eigenvalue weighted by atomic mass is 16.4. The molecule has 0 spiro atoms. The van der Waals surface area contributed by atoms with Crippen molar-refractivity contribution in [2.75, 3.05) is 32.7 Å². The van der Waals surface area contributed by atoms with Crippen LogP contribution in [-0.2, 0) is 9.59 Å². The Kier molecular flexibility index (Phi) is 3.14. The second kappa shape index (κ2) is 4.41. The van der Waals surface area contributed by atoms with Gasteiger partial charge in [0.15, 0.2) is 0 Å². The summed E-state index contributed by atoms with van der Waals surface area (Å²) in [5, 5.41) is 8.98. The molecule has 2 fully saturated rings. The molecule has 0 radical (unpaired) electrons. The van der Waals surface area contributed by atoms with Crippen LogP contribution in [0, 0.1) is 11.8 Å². The molecule has 0 aromatic carbocycles. The van der Waals surface area contributed by atoms with Gasteiger partial charge in [-0.25, -0.2) is 0 Å². The molecule has 5 nitrogen and oxygen atoms in total. The SMILES string of the molecule is C[C@@H]1CN(CC(=O)N2CCC2)C[C@H]1C(=O)O. The van der Waals surface area contributed by atoms with Gasteiger partial charge in [0.05, 0.1) is 12.5 Å². The van der Waals surface area contributed by atoms with E-state index >= 15 is 0 Å². The van der Waals surface area contributed by atoms with Gasteiger partial charge in [0.2, 0.25) is 5.91 Å². The molecule has 2 rings (SSSR count). The molecule has 0 aliphatic carbocycles. The van der Waals surface area contributed by atoms with E-state index in [0.29, 0.717) is 13.1 Å². The average molecular weight is 226 g/mol. The van der Waals surface area contributed by atoms with E-state index in [4.69, 9.17) is 5.11 Å². The number of hydrogen-bond acceptors (Lipinski definition) is 3. The minimum Gasteiger partial charge on any atom is -0.481 e. The Morgan fingerprint density at radius 2 is 2.00 bits per heavy atom. The fraction of sp³-hybridized carbons (Fsp3) is 0.818. The smallest absolute Gasteiger partial charge is 0.308 e. The normalized spacial score (nSPS) is 30.2. The lowest BCUT2D eigenvalue weighted by Crippen LogP contribution is -2.46. The van der Waals surface area contributed by atoms with Crippen LogP contribution < -0.4 is 0 Å². The molecule has 0 aromatic rings. The number of carbonyl (C=O) groups is 2. The first kappa shape index (κ1) is 11.4. The van der Waals surface area contributed by atoms with Gasteiger partial charge in [0, 0.05) is 26.2 Å². The minimum absolute atomic E-state index is 0.140. The molecule has 2 aliphatic heterocycles. The number of likely N-dealkylation sites (tertiary alicyclic amines) is 2. The lowest BCUT2D eigenvalue weighted by Gasteiger charge is -2.32. The van der Waals surface area contributed by atoms with Crippen molar-refractivity contribution in [3.05, 3.63) is 0 Å². The first-order chi connectivity index (χ1) is 7.58. The number of carbonyl (C=O) groups excluding carboxylic acids is 1. The van der Waals surface area contributed by atoms with E-state index in [0.717, 1.165) is 26.1 Å². The van der Waals surface area contributed by atoms with Crippen molar-refractivity contribution < 1.29 is 14.7 Å². The van der Waals surface area contributed by atoms with Crippen LogP contribution >= 0.6 is 0 Å². The average Bonchev–Trinajstić information content (AvgIpc) is 2.43. The summed E-state index contributed by atoms with van der Waals surface area (Å²) in [5.74, 6) is -0.776. The predicted octanol–water partition coefficient (Wildman–Crippen LogP) is -0.129. The summed E-state index contributed by atoms with van der Waals surface area (Å²) >= 11 is 0. The van der Waals surface area contributed by atoms with Crippen molar-refractivity contribution in [3.8, 4) is 0 Å². The van der Waals surface area contributed by atoms with Crippen LogP contribution in [0.4, 0.5) is 0 Å². The maximum atomic E-state index is 11.7. The van der Waals surface area contributed by atoms with Crippen molar-refractivity contribution in [1.29, 1.82) is 0 Å². The van der Waals surface area contributed by atoms with Crippen LogP contribution in [0.1, 0.15) is 13.3 Å². The monoisotopic (exact) mass is 226 g/mol. The Labute approximate surface area is 95.0 Å². The largest absolute Gasteiger partial charge is 0.481 e. The number of rotatable bonds is 3. The van der Waals surface area contributed by atoms with Crippen molar-refractivity contribution in [2.45, 2.75) is 13.3 Å². The van der Waals surface area contributed by atoms with Gasteiger partial charge in [-0.1, -0.05) is 6.92 Å². The highest BCUT2D eigenvalue weighted by Crippen LogP contribution is 2.23. The number of carboxylic acids is 1. The van der Waals surface area contributed by atoms with Crippen LogP contribution in [0.25, 0.3) is 0 Å². The van der Waals surface area contributed by atoms with Crippen LogP contribution in [0.3, 0.4) is 0 Å².